The molecule has 2 aromatic rings. The highest BCUT2D eigenvalue weighted by atomic mass is 16.4. The lowest BCUT2D eigenvalue weighted by Gasteiger charge is -2.00. The molecule has 0 aliphatic heterocycles. The molecule has 0 fully saturated rings. The first-order valence-electron chi connectivity index (χ1n) is 6.29. The minimum absolute atomic E-state index is 0.0509. The zero-order valence-electron chi connectivity index (χ0n) is 12.1. The van der Waals surface area contributed by atoms with Gasteiger partial charge in [-0.3, -0.25) is 0 Å². The summed E-state index contributed by atoms with van der Waals surface area (Å²) in [5.41, 5.74) is 1.05. The molecule has 2 rings (SSSR count). The standard InChI is InChI=1S/2C8H8O3/c2*1-5-3-2-4-6(7(5)9)8(10)11/h2*2-4,9H,1H3,(H,10,11). The molecule has 4 N–H and O–H groups in total. The van der Waals surface area contributed by atoms with E-state index < -0.39 is 11.9 Å². The summed E-state index contributed by atoms with van der Waals surface area (Å²) in [5.74, 6) is -2.52. The number of carboxylic acids is 2. The Labute approximate surface area is 126 Å². The molecule has 0 bridgehead atoms. The van der Waals surface area contributed by atoms with Crippen molar-refractivity contribution in [1.29, 1.82) is 0 Å². The van der Waals surface area contributed by atoms with Crippen molar-refractivity contribution in [3.05, 3.63) is 58.7 Å². The van der Waals surface area contributed by atoms with E-state index in [9.17, 15) is 19.8 Å². The number of phenols is 2. The van der Waals surface area contributed by atoms with Crippen molar-refractivity contribution in [1.82, 2.24) is 0 Å². The third kappa shape index (κ3) is 3.99. The normalized spacial score (nSPS) is 9.55. The molecule has 116 valence electrons. The molecular weight excluding hydrogens is 288 g/mol. The highest BCUT2D eigenvalue weighted by Crippen LogP contribution is 2.21. The second-order valence-electron chi connectivity index (χ2n) is 4.55. The van der Waals surface area contributed by atoms with Crippen molar-refractivity contribution in [2.45, 2.75) is 13.8 Å². The first kappa shape index (κ1) is 17.0. The molecule has 0 amide bonds. The number of aryl methyl sites for hydroxylation is 2. The van der Waals surface area contributed by atoms with Crippen molar-refractivity contribution < 1.29 is 30.0 Å². The van der Waals surface area contributed by atoms with Gasteiger partial charge in [-0.05, 0) is 37.1 Å². The van der Waals surface area contributed by atoms with Crippen LogP contribution in [0.25, 0.3) is 0 Å². The Morgan fingerprint density at radius 2 is 1.05 bits per heavy atom. The molecule has 0 saturated carbocycles. The first-order valence-corrected chi connectivity index (χ1v) is 6.29. The summed E-state index contributed by atoms with van der Waals surface area (Å²) >= 11 is 0. The lowest BCUT2D eigenvalue weighted by atomic mass is 10.1. The van der Waals surface area contributed by atoms with E-state index in [-0.39, 0.29) is 22.6 Å². The van der Waals surface area contributed by atoms with Gasteiger partial charge in [0.05, 0.1) is 0 Å². The average Bonchev–Trinajstić information content (AvgIpc) is 2.45. The van der Waals surface area contributed by atoms with Gasteiger partial charge in [0.15, 0.2) is 0 Å². The van der Waals surface area contributed by atoms with E-state index >= 15 is 0 Å². The van der Waals surface area contributed by atoms with Gasteiger partial charge < -0.3 is 20.4 Å². The molecule has 0 unspecified atom stereocenters. The van der Waals surface area contributed by atoms with Crippen LogP contribution < -0.4 is 0 Å². The Kier molecular flexibility index (Phi) is 5.51. The molecule has 0 aliphatic rings. The maximum atomic E-state index is 10.4. The average molecular weight is 304 g/mol. The summed E-state index contributed by atoms with van der Waals surface area (Å²) in [5, 5.41) is 35.4. The smallest absolute Gasteiger partial charge is 0.339 e. The fourth-order valence-electron chi connectivity index (χ4n) is 1.66. The third-order valence-electron chi connectivity index (χ3n) is 2.94. The van der Waals surface area contributed by atoms with E-state index in [4.69, 9.17) is 10.2 Å². The number of aromatic carboxylic acids is 2. The largest absolute Gasteiger partial charge is 0.507 e. The van der Waals surface area contributed by atoms with E-state index in [1.165, 1.54) is 12.1 Å². The first-order chi connectivity index (χ1) is 10.3. The van der Waals surface area contributed by atoms with Crippen molar-refractivity contribution >= 4 is 11.9 Å². The monoisotopic (exact) mass is 304 g/mol. The topological polar surface area (TPSA) is 115 Å². The SMILES string of the molecule is Cc1cccc(C(=O)O)c1O.Cc1cccc(C(=O)O)c1O. The van der Waals surface area contributed by atoms with Crippen molar-refractivity contribution in [3.63, 3.8) is 0 Å². The molecule has 22 heavy (non-hydrogen) atoms. The van der Waals surface area contributed by atoms with E-state index in [1.807, 2.05) is 0 Å². The van der Waals surface area contributed by atoms with Crippen LogP contribution in [0.4, 0.5) is 0 Å². The summed E-state index contributed by atoms with van der Waals surface area (Å²) in [6.45, 7) is 3.31. The van der Waals surface area contributed by atoms with Gasteiger partial charge in [0, 0.05) is 0 Å². The van der Waals surface area contributed by atoms with Gasteiger partial charge in [-0.2, -0.15) is 0 Å². The molecule has 2 aromatic carbocycles. The Bertz CT molecular complexity index is 644. The maximum Gasteiger partial charge on any atom is 0.339 e. The highest BCUT2D eigenvalue weighted by molar-refractivity contribution is 5.91. The Morgan fingerprint density at radius 1 is 0.727 bits per heavy atom. The van der Waals surface area contributed by atoms with Gasteiger partial charge in [0.25, 0.3) is 0 Å². The van der Waals surface area contributed by atoms with Gasteiger partial charge in [-0.15, -0.1) is 0 Å². The Hall–Kier alpha value is -3.02. The molecule has 0 radical (unpaired) electrons. The second kappa shape index (κ2) is 7.12. The Morgan fingerprint density at radius 3 is 1.27 bits per heavy atom. The molecule has 6 heteroatoms. The molecule has 0 heterocycles. The number of aromatic hydroxyl groups is 2. The van der Waals surface area contributed by atoms with Crippen molar-refractivity contribution in [3.8, 4) is 11.5 Å². The lowest BCUT2D eigenvalue weighted by molar-refractivity contribution is 0.0682. The van der Waals surface area contributed by atoms with Crippen LogP contribution in [0.3, 0.4) is 0 Å². The minimum Gasteiger partial charge on any atom is -0.507 e. The van der Waals surface area contributed by atoms with Crippen LogP contribution >= 0.6 is 0 Å². The van der Waals surface area contributed by atoms with Crippen LogP contribution in [0.5, 0.6) is 11.5 Å². The van der Waals surface area contributed by atoms with Crippen molar-refractivity contribution in [2.75, 3.05) is 0 Å². The molecule has 6 nitrogen and oxygen atoms in total. The summed E-state index contributed by atoms with van der Waals surface area (Å²) < 4.78 is 0. The predicted octanol–water partition coefficient (Wildman–Crippen LogP) is 2.80. The maximum absolute atomic E-state index is 10.4. The number of benzene rings is 2. The van der Waals surface area contributed by atoms with Gasteiger partial charge in [-0.25, -0.2) is 9.59 Å². The molecule has 0 spiro atoms. The Balaban J connectivity index is 0.000000220. The van der Waals surface area contributed by atoms with Crippen LogP contribution in [0, 0.1) is 13.8 Å². The summed E-state index contributed by atoms with van der Waals surface area (Å²) in [6, 6.07) is 9.23. The van der Waals surface area contributed by atoms with Gasteiger partial charge >= 0.3 is 11.9 Å². The zero-order chi connectivity index (χ0) is 16.9. The number of carbonyl (C=O) groups is 2. The van der Waals surface area contributed by atoms with Crippen LogP contribution in [0.2, 0.25) is 0 Å². The minimum atomic E-state index is -1.11. The molecule has 0 aliphatic carbocycles. The highest BCUT2D eigenvalue weighted by Gasteiger charge is 2.10. The quantitative estimate of drug-likeness (QED) is 0.678. The number of para-hydroxylation sites is 2. The van der Waals surface area contributed by atoms with E-state index in [1.54, 1.807) is 38.1 Å². The number of hydrogen-bond acceptors (Lipinski definition) is 4. The van der Waals surface area contributed by atoms with E-state index in [2.05, 4.69) is 0 Å². The van der Waals surface area contributed by atoms with E-state index in [0.29, 0.717) is 11.1 Å². The lowest BCUT2D eigenvalue weighted by Crippen LogP contribution is -1.96. The molecular formula is C16H16O6. The van der Waals surface area contributed by atoms with Crippen LogP contribution in [0.15, 0.2) is 36.4 Å². The zero-order valence-corrected chi connectivity index (χ0v) is 12.1. The van der Waals surface area contributed by atoms with Gasteiger partial charge in [-0.1, -0.05) is 24.3 Å². The van der Waals surface area contributed by atoms with Crippen LogP contribution in [-0.2, 0) is 0 Å². The fraction of sp³-hybridized carbons (Fsp3) is 0.125. The molecule has 0 aromatic heterocycles. The second-order valence-corrected chi connectivity index (χ2v) is 4.55. The predicted molar refractivity (Wildman–Crippen MR) is 79.6 cm³/mol. The van der Waals surface area contributed by atoms with Crippen LogP contribution in [0.1, 0.15) is 31.8 Å². The van der Waals surface area contributed by atoms with Gasteiger partial charge in [0.2, 0.25) is 0 Å². The van der Waals surface area contributed by atoms with Crippen molar-refractivity contribution in [2.24, 2.45) is 0 Å². The van der Waals surface area contributed by atoms with Crippen LogP contribution in [-0.4, -0.2) is 32.4 Å². The summed E-state index contributed by atoms with van der Waals surface area (Å²) in [7, 11) is 0. The summed E-state index contributed by atoms with van der Waals surface area (Å²) in [6.07, 6.45) is 0. The fourth-order valence-corrected chi connectivity index (χ4v) is 1.66. The van der Waals surface area contributed by atoms with Gasteiger partial charge in [0.1, 0.15) is 22.6 Å². The summed E-state index contributed by atoms with van der Waals surface area (Å²) in [4.78, 5) is 20.8. The third-order valence-corrected chi connectivity index (χ3v) is 2.94. The number of hydrogen-bond donors (Lipinski definition) is 4. The molecule has 0 saturated heterocycles. The number of rotatable bonds is 2. The number of carboxylic acid groups (broad SMARTS) is 2. The van der Waals surface area contributed by atoms with E-state index in [0.717, 1.165) is 0 Å². The molecule has 0 atom stereocenters.